The number of benzene rings is 1. The highest BCUT2D eigenvalue weighted by molar-refractivity contribution is 6.66. The number of halogens is 2. The number of nitrogens with zero attached hydrogens (tertiary/aromatic N) is 1. The second-order valence-electron chi connectivity index (χ2n) is 3.65. The Morgan fingerprint density at radius 1 is 1.31 bits per heavy atom. The van der Waals surface area contributed by atoms with Crippen molar-refractivity contribution in [2.45, 2.75) is 19.3 Å². The average molecular weight is 240 g/mol. The van der Waals surface area contributed by atoms with E-state index in [0.717, 1.165) is 25.0 Å². The normalized spacial score (nSPS) is 14.8. The van der Waals surface area contributed by atoms with E-state index < -0.39 is 5.37 Å². The van der Waals surface area contributed by atoms with Gasteiger partial charge in [-0.1, -0.05) is 6.08 Å². The van der Waals surface area contributed by atoms with Crippen LogP contribution in [0.15, 0.2) is 36.0 Å². The molecule has 1 aromatic rings. The van der Waals surface area contributed by atoms with Crippen molar-refractivity contribution in [2.24, 2.45) is 0 Å². The lowest BCUT2D eigenvalue weighted by atomic mass is 10.2. The minimum absolute atomic E-state index is 0.328. The summed E-state index contributed by atoms with van der Waals surface area (Å²) in [5.74, 6) is -0.328. The third-order valence-corrected chi connectivity index (χ3v) is 2.73. The van der Waals surface area contributed by atoms with Crippen LogP contribution in [0, 0.1) is 5.82 Å². The first-order valence-electron chi connectivity index (χ1n) is 5.12. The van der Waals surface area contributed by atoms with Gasteiger partial charge in [0.15, 0.2) is 0 Å². The van der Waals surface area contributed by atoms with Gasteiger partial charge in [0, 0.05) is 11.4 Å². The van der Waals surface area contributed by atoms with Crippen LogP contribution in [0.5, 0.6) is 0 Å². The zero-order valence-corrected chi connectivity index (χ0v) is 9.38. The van der Waals surface area contributed by atoms with E-state index in [4.69, 9.17) is 11.6 Å². The number of anilines is 1. The van der Waals surface area contributed by atoms with Crippen molar-refractivity contribution in [3.05, 3.63) is 41.9 Å². The fraction of sp³-hybridized carbons (Fsp3) is 0.250. The van der Waals surface area contributed by atoms with Gasteiger partial charge in [-0.05, 0) is 55.1 Å². The molecule has 0 aromatic heterocycles. The Kier molecular flexibility index (Phi) is 3.25. The minimum Gasteiger partial charge on any atom is -0.272 e. The monoisotopic (exact) mass is 239 g/mol. The molecule has 1 amide bonds. The molecule has 0 unspecified atom stereocenters. The molecular formula is C12H11ClFNO. The fourth-order valence-electron chi connectivity index (χ4n) is 1.83. The van der Waals surface area contributed by atoms with Gasteiger partial charge in [0.1, 0.15) is 5.82 Å². The van der Waals surface area contributed by atoms with Crippen LogP contribution in [0.25, 0.3) is 0 Å². The molecule has 0 fully saturated rings. The molecule has 0 bridgehead atoms. The topological polar surface area (TPSA) is 20.3 Å². The second kappa shape index (κ2) is 4.66. The molecule has 0 saturated heterocycles. The second-order valence-corrected chi connectivity index (χ2v) is 3.98. The van der Waals surface area contributed by atoms with Crippen LogP contribution in [0.4, 0.5) is 14.9 Å². The SMILES string of the molecule is O=C(Cl)N(C1=CCCC1)c1ccc(F)cc1. The van der Waals surface area contributed by atoms with E-state index >= 15 is 0 Å². The number of amides is 1. The van der Waals surface area contributed by atoms with Crippen molar-refractivity contribution in [1.29, 1.82) is 0 Å². The number of hydrogen-bond donors (Lipinski definition) is 0. The highest BCUT2D eigenvalue weighted by Gasteiger charge is 2.20. The van der Waals surface area contributed by atoms with E-state index in [1.165, 1.54) is 17.0 Å². The summed E-state index contributed by atoms with van der Waals surface area (Å²) < 4.78 is 12.8. The third kappa shape index (κ3) is 2.25. The summed E-state index contributed by atoms with van der Waals surface area (Å²) in [5, 5.41) is -0.556. The maximum Gasteiger partial charge on any atom is 0.325 e. The molecule has 0 atom stereocenters. The number of rotatable bonds is 2. The minimum atomic E-state index is -0.556. The summed E-state index contributed by atoms with van der Waals surface area (Å²) in [6.07, 6.45) is 4.80. The molecule has 84 valence electrons. The van der Waals surface area contributed by atoms with E-state index in [1.807, 2.05) is 6.08 Å². The number of carbonyl (C=O) groups excluding carboxylic acids is 1. The lowest BCUT2D eigenvalue weighted by Crippen LogP contribution is -2.23. The molecule has 4 heteroatoms. The third-order valence-electron chi connectivity index (χ3n) is 2.56. The van der Waals surface area contributed by atoms with Crippen molar-refractivity contribution in [3.8, 4) is 0 Å². The molecule has 1 aromatic carbocycles. The maximum absolute atomic E-state index is 12.8. The summed E-state index contributed by atoms with van der Waals surface area (Å²) in [6.45, 7) is 0. The molecule has 2 rings (SSSR count). The van der Waals surface area contributed by atoms with Crippen LogP contribution < -0.4 is 4.90 Å². The van der Waals surface area contributed by atoms with Crippen molar-refractivity contribution >= 4 is 22.7 Å². The van der Waals surface area contributed by atoms with Gasteiger partial charge in [0.25, 0.3) is 0 Å². The summed E-state index contributed by atoms with van der Waals surface area (Å²) in [6, 6.07) is 5.74. The van der Waals surface area contributed by atoms with E-state index in [2.05, 4.69) is 0 Å². The van der Waals surface area contributed by atoms with E-state index in [0.29, 0.717) is 5.69 Å². The van der Waals surface area contributed by atoms with Crippen LogP contribution >= 0.6 is 11.6 Å². The number of carbonyl (C=O) groups is 1. The molecule has 0 heterocycles. The molecule has 0 radical (unpaired) electrons. The molecule has 0 N–H and O–H groups in total. The Morgan fingerprint density at radius 2 is 2.00 bits per heavy atom. The van der Waals surface area contributed by atoms with Crippen LogP contribution in [-0.4, -0.2) is 5.37 Å². The number of allylic oxidation sites excluding steroid dienone is 2. The number of hydrogen-bond acceptors (Lipinski definition) is 1. The predicted molar refractivity (Wildman–Crippen MR) is 62.1 cm³/mol. The zero-order chi connectivity index (χ0) is 11.5. The molecule has 0 aliphatic heterocycles. The first-order valence-corrected chi connectivity index (χ1v) is 5.50. The van der Waals surface area contributed by atoms with Crippen LogP contribution in [0.3, 0.4) is 0 Å². The van der Waals surface area contributed by atoms with Gasteiger partial charge in [-0.3, -0.25) is 9.69 Å². The van der Waals surface area contributed by atoms with Crippen molar-refractivity contribution < 1.29 is 9.18 Å². The van der Waals surface area contributed by atoms with Crippen molar-refractivity contribution in [1.82, 2.24) is 0 Å². The lowest BCUT2D eigenvalue weighted by molar-refractivity contribution is 0.265. The molecule has 1 aliphatic carbocycles. The Balaban J connectivity index is 2.32. The van der Waals surface area contributed by atoms with Gasteiger partial charge in [-0.25, -0.2) is 4.39 Å². The van der Waals surface area contributed by atoms with Gasteiger partial charge in [-0.15, -0.1) is 0 Å². The Morgan fingerprint density at radius 3 is 2.50 bits per heavy atom. The van der Waals surface area contributed by atoms with Crippen molar-refractivity contribution in [2.75, 3.05) is 4.90 Å². The highest BCUT2D eigenvalue weighted by atomic mass is 35.5. The van der Waals surface area contributed by atoms with Gasteiger partial charge in [0.2, 0.25) is 0 Å². The van der Waals surface area contributed by atoms with E-state index in [-0.39, 0.29) is 5.82 Å². The van der Waals surface area contributed by atoms with Crippen LogP contribution in [-0.2, 0) is 0 Å². The zero-order valence-electron chi connectivity index (χ0n) is 8.62. The quantitative estimate of drug-likeness (QED) is 0.563. The maximum atomic E-state index is 12.8. The van der Waals surface area contributed by atoms with E-state index in [1.54, 1.807) is 12.1 Å². The summed E-state index contributed by atoms with van der Waals surface area (Å²) >= 11 is 5.55. The fourth-order valence-corrected chi connectivity index (χ4v) is 2.03. The predicted octanol–water partition coefficient (Wildman–Crippen LogP) is 4.06. The van der Waals surface area contributed by atoms with Gasteiger partial charge in [0.05, 0.1) is 0 Å². The molecule has 2 nitrogen and oxygen atoms in total. The van der Waals surface area contributed by atoms with E-state index in [9.17, 15) is 9.18 Å². The molecule has 0 spiro atoms. The standard InChI is InChI=1S/C12H11ClFNO/c13-12(16)15(10-3-1-2-4-10)11-7-5-9(14)6-8-11/h3,5-8H,1-2,4H2. The first kappa shape index (κ1) is 11.1. The Hall–Kier alpha value is -1.35. The smallest absolute Gasteiger partial charge is 0.272 e. The summed E-state index contributed by atoms with van der Waals surface area (Å²) in [4.78, 5) is 12.8. The van der Waals surface area contributed by atoms with Gasteiger partial charge >= 0.3 is 5.37 Å². The molecule has 1 aliphatic rings. The molecular weight excluding hydrogens is 229 g/mol. The molecule has 0 saturated carbocycles. The van der Waals surface area contributed by atoms with Gasteiger partial charge in [-0.2, -0.15) is 0 Å². The largest absolute Gasteiger partial charge is 0.325 e. The van der Waals surface area contributed by atoms with Crippen LogP contribution in [0.2, 0.25) is 0 Å². The highest BCUT2D eigenvalue weighted by Crippen LogP contribution is 2.28. The summed E-state index contributed by atoms with van der Waals surface area (Å²) in [7, 11) is 0. The Labute approximate surface area is 98.3 Å². The molecule has 16 heavy (non-hydrogen) atoms. The average Bonchev–Trinajstić information content (AvgIpc) is 2.74. The van der Waals surface area contributed by atoms with Crippen molar-refractivity contribution in [3.63, 3.8) is 0 Å². The lowest BCUT2D eigenvalue weighted by Gasteiger charge is -2.20. The van der Waals surface area contributed by atoms with Crippen LogP contribution in [0.1, 0.15) is 19.3 Å². The van der Waals surface area contributed by atoms with Gasteiger partial charge < -0.3 is 0 Å². The first-order chi connectivity index (χ1) is 7.68. The summed E-state index contributed by atoms with van der Waals surface area (Å²) in [5.41, 5.74) is 1.50. The Bertz CT molecular complexity index is 427.